The lowest BCUT2D eigenvalue weighted by Crippen LogP contribution is -1.96. The molecule has 1 rings (SSSR count). The van der Waals surface area contributed by atoms with E-state index in [1.165, 1.54) is 11.3 Å². The Kier molecular flexibility index (Phi) is 2.72. The van der Waals surface area contributed by atoms with Gasteiger partial charge in [-0.25, -0.2) is 4.98 Å². The Hall–Kier alpha value is -0.530. The highest BCUT2D eigenvalue weighted by Gasteiger charge is 1.94. The van der Waals surface area contributed by atoms with Gasteiger partial charge in [0, 0.05) is 5.38 Å². The van der Waals surface area contributed by atoms with E-state index in [1.54, 1.807) is 0 Å². The van der Waals surface area contributed by atoms with Crippen LogP contribution in [0.2, 0.25) is 0 Å². The number of rotatable bonds is 2. The van der Waals surface area contributed by atoms with Crippen molar-refractivity contribution in [1.29, 1.82) is 0 Å². The van der Waals surface area contributed by atoms with E-state index in [0.29, 0.717) is 6.54 Å². The van der Waals surface area contributed by atoms with Crippen molar-refractivity contribution in [3.05, 3.63) is 9.98 Å². The van der Waals surface area contributed by atoms with E-state index in [1.807, 2.05) is 5.38 Å². The number of terminal acetylenes is 1. The lowest BCUT2D eigenvalue weighted by molar-refractivity contribution is 1.28. The molecule has 1 aromatic rings. The number of aromatic nitrogens is 1. The molecule has 2 nitrogen and oxygen atoms in total. The van der Waals surface area contributed by atoms with E-state index < -0.39 is 0 Å². The molecule has 0 atom stereocenters. The summed E-state index contributed by atoms with van der Waals surface area (Å²) in [5.74, 6) is 2.47. The maximum Gasteiger partial charge on any atom is 0.184 e. The Morgan fingerprint density at radius 2 is 2.70 bits per heavy atom. The summed E-state index contributed by atoms with van der Waals surface area (Å²) in [6, 6.07) is 0. The molecule has 0 aliphatic carbocycles. The number of halogens is 1. The molecule has 4 heteroatoms. The van der Waals surface area contributed by atoms with Crippen molar-refractivity contribution in [1.82, 2.24) is 4.98 Å². The minimum absolute atomic E-state index is 0.528. The molecule has 0 saturated carbocycles. The summed E-state index contributed by atoms with van der Waals surface area (Å²) >= 11 is 4.76. The van der Waals surface area contributed by atoms with Crippen LogP contribution in [0.25, 0.3) is 0 Å². The van der Waals surface area contributed by atoms with Crippen molar-refractivity contribution in [3.63, 3.8) is 0 Å². The third kappa shape index (κ3) is 2.01. The molecule has 1 heterocycles. The second kappa shape index (κ2) is 3.59. The van der Waals surface area contributed by atoms with Crippen LogP contribution in [0, 0.1) is 12.3 Å². The SMILES string of the molecule is C#CCNc1nc(Br)cs1. The molecule has 0 spiro atoms. The molecule has 52 valence electrons. The number of hydrogen-bond acceptors (Lipinski definition) is 3. The van der Waals surface area contributed by atoms with Crippen LogP contribution in [0.3, 0.4) is 0 Å². The highest BCUT2D eigenvalue weighted by molar-refractivity contribution is 9.10. The molecular weight excluding hydrogens is 212 g/mol. The summed E-state index contributed by atoms with van der Waals surface area (Å²) in [6.07, 6.45) is 5.04. The summed E-state index contributed by atoms with van der Waals surface area (Å²) in [7, 11) is 0. The molecule has 0 radical (unpaired) electrons. The summed E-state index contributed by atoms with van der Waals surface area (Å²) in [5.41, 5.74) is 0. The van der Waals surface area contributed by atoms with Gasteiger partial charge in [-0.05, 0) is 15.9 Å². The molecule has 0 fully saturated rings. The Bertz CT molecular complexity index is 250. The van der Waals surface area contributed by atoms with E-state index >= 15 is 0 Å². The monoisotopic (exact) mass is 216 g/mol. The van der Waals surface area contributed by atoms with Gasteiger partial charge in [0.05, 0.1) is 6.54 Å². The predicted molar refractivity (Wildman–Crippen MR) is 47.1 cm³/mol. The van der Waals surface area contributed by atoms with Crippen LogP contribution < -0.4 is 5.32 Å². The van der Waals surface area contributed by atoms with Crippen molar-refractivity contribution >= 4 is 32.4 Å². The molecule has 0 saturated heterocycles. The zero-order valence-corrected chi connectivity index (χ0v) is 7.50. The number of hydrogen-bond donors (Lipinski definition) is 1. The largest absolute Gasteiger partial charge is 0.351 e. The minimum atomic E-state index is 0.528. The molecule has 10 heavy (non-hydrogen) atoms. The van der Waals surface area contributed by atoms with Gasteiger partial charge in [0.1, 0.15) is 4.60 Å². The molecule has 1 aromatic heterocycles. The van der Waals surface area contributed by atoms with Gasteiger partial charge in [-0.15, -0.1) is 17.8 Å². The van der Waals surface area contributed by atoms with E-state index in [4.69, 9.17) is 6.42 Å². The number of nitrogens with one attached hydrogen (secondary N) is 1. The van der Waals surface area contributed by atoms with Gasteiger partial charge >= 0.3 is 0 Å². The van der Waals surface area contributed by atoms with Gasteiger partial charge in [0.15, 0.2) is 5.13 Å². The first-order valence-electron chi connectivity index (χ1n) is 2.61. The van der Waals surface area contributed by atoms with Gasteiger partial charge in [-0.2, -0.15) is 0 Å². The molecule has 0 aromatic carbocycles. The average Bonchev–Trinajstić information content (AvgIpc) is 2.31. The zero-order valence-electron chi connectivity index (χ0n) is 5.10. The van der Waals surface area contributed by atoms with Gasteiger partial charge in [-0.3, -0.25) is 0 Å². The zero-order chi connectivity index (χ0) is 7.40. The summed E-state index contributed by atoms with van der Waals surface area (Å²) < 4.78 is 0.844. The van der Waals surface area contributed by atoms with Crippen LogP contribution in [0.5, 0.6) is 0 Å². The van der Waals surface area contributed by atoms with E-state index in [0.717, 1.165) is 9.73 Å². The van der Waals surface area contributed by atoms with Gasteiger partial charge in [-0.1, -0.05) is 5.92 Å². The lowest BCUT2D eigenvalue weighted by Gasteiger charge is -1.91. The van der Waals surface area contributed by atoms with Gasteiger partial charge < -0.3 is 5.32 Å². The van der Waals surface area contributed by atoms with E-state index in [9.17, 15) is 0 Å². The number of thiazole rings is 1. The highest BCUT2D eigenvalue weighted by atomic mass is 79.9. The molecule has 0 aliphatic rings. The normalized spacial score (nSPS) is 8.80. The molecule has 0 aliphatic heterocycles. The fourth-order valence-corrected chi connectivity index (χ4v) is 1.61. The van der Waals surface area contributed by atoms with Crippen molar-refractivity contribution < 1.29 is 0 Å². The summed E-state index contributed by atoms with van der Waals surface area (Å²) in [4.78, 5) is 4.08. The molecule has 0 bridgehead atoms. The van der Waals surface area contributed by atoms with Crippen molar-refractivity contribution in [3.8, 4) is 12.3 Å². The first-order valence-corrected chi connectivity index (χ1v) is 4.28. The smallest absolute Gasteiger partial charge is 0.184 e. The third-order valence-electron chi connectivity index (χ3n) is 0.818. The topological polar surface area (TPSA) is 24.9 Å². The van der Waals surface area contributed by atoms with Crippen LogP contribution in [0.1, 0.15) is 0 Å². The van der Waals surface area contributed by atoms with Crippen molar-refractivity contribution in [2.45, 2.75) is 0 Å². The third-order valence-corrected chi connectivity index (χ3v) is 2.33. The predicted octanol–water partition coefficient (Wildman–Crippen LogP) is 1.95. The molecule has 0 unspecified atom stereocenters. The summed E-state index contributed by atoms with van der Waals surface area (Å²) in [6.45, 7) is 0.528. The van der Waals surface area contributed by atoms with Crippen molar-refractivity contribution in [2.24, 2.45) is 0 Å². The van der Waals surface area contributed by atoms with Gasteiger partial charge in [0.25, 0.3) is 0 Å². The van der Waals surface area contributed by atoms with Crippen molar-refractivity contribution in [2.75, 3.05) is 11.9 Å². The number of nitrogens with zero attached hydrogens (tertiary/aromatic N) is 1. The van der Waals surface area contributed by atoms with E-state index in [2.05, 4.69) is 32.2 Å². The first-order chi connectivity index (χ1) is 4.83. The Morgan fingerprint density at radius 3 is 3.20 bits per heavy atom. The standard InChI is InChI=1S/C6H5BrN2S/c1-2-3-8-6-9-5(7)4-10-6/h1,4H,3H2,(H,8,9). The number of anilines is 1. The van der Waals surface area contributed by atoms with Crippen LogP contribution in [-0.4, -0.2) is 11.5 Å². The molecule has 0 amide bonds. The maximum absolute atomic E-state index is 5.04. The molecular formula is C6H5BrN2S. The van der Waals surface area contributed by atoms with Crippen LogP contribution in [0.15, 0.2) is 9.98 Å². The molecule has 1 N–H and O–H groups in total. The van der Waals surface area contributed by atoms with Crippen LogP contribution in [-0.2, 0) is 0 Å². The summed E-state index contributed by atoms with van der Waals surface area (Å²) in [5, 5.41) is 5.71. The fraction of sp³-hybridized carbons (Fsp3) is 0.167. The first kappa shape index (κ1) is 7.58. The fourth-order valence-electron chi connectivity index (χ4n) is 0.462. The highest BCUT2D eigenvalue weighted by Crippen LogP contribution is 2.18. The Morgan fingerprint density at radius 1 is 1.90 bits per heavy atom. The van der Waals surface area contributed by atoms with Crippen LogP contribution >= 0.6 is 27.3 Å². The Labute approximate surface area is 71.8 Å². The van der Waals surface area contributed by atoms with Crippen LogP contribution in [0.4, 0.5) is 5.13 Å². The lowest BCUT2D eigenvalue weighted by atomic mass is 10.7. The second-order valence-corrected chi connectivity index (χ2v) is 3.20. The maximum atomic E-state index is 5.04. The van der Waals surface area contributed by atoms with Gasteiger partial charge in [0.2, 0.25) is 0 Å². The van der Waals surface area contributed by atoms with E-state index in [-0.39, 0.29) is 0 Å². The second-order valence-electron chi connectivity index (χ2n) is 1.53. The minimum Gasteiger partial charge on any atom is -0.351 e. The quantitative estimate of drug-likeness (QED) is 0.766. The average molecular weight is 217 g/mol. The Balaban J connectivity index is 2.52.